The molecule has 1 aliphatic rings. The van der Waals surface area contributed by atoms with Gasteiger partial charge in [0.15, 0.2) is 0 Å². The molecule has 204 valence electrons. The lowest BCUT2D eigenvalue weighted by Gasteiger charge is -2.27. The zero-order chi connectivity index (χ0) is 27.9. The van der Waals surface area contributed by atoms with Gasteiger partial charge in [-0.3, -0.25) is 9.59 Å². The molecular weight excluding hydrogens is 496 g/mol. The molecule has 6 heteroatoms. The molecule has 40 heavy (non-hydrogen) atoms. The van der Waals surface area contributed by atoms with Crippen molar-refractivity contribution >= 4 is 28.9 Å². The lowest BCUT2D eigenvalue weighted by atomic mass is 9.99. The molecule has 0 unspecified atom stereocenters. The molecule has 0 saturated carbocycles. The van der Waals surface area contributed by atoms with Gasteiger partial charge in [-0.25, -0.2) is 0 Å². The number of benzene rings is 4. The number of carbonyl (C=O) groups excluding carboxylic acids is 2. The molecule has 1 heterocycles. The molecule has 0 saturated heterocycles. The van der Waals surface area contributed by atoms with E-state index in [9.17, 15) is 9.59 Å². The molecule has 0 aromatic heterocycles. The zero-order valence-corrected chi connectivity index (χ0v) is 23.2. The van der Waals surface area contributed by atoms with Gasteiger partial charge in [0.2, 0.25) is 0 Å². The third kappa shape index (κ3) is 6.24. The predicted octanol–water partition coefficient (Wildman–Crippen LogP) is 6.41. The first-order chi connectivity index (χ1) is 19.5. The van der Waals surface area contributed by atoms with Gasteiger partial charge in [0, 0.05) is 36.4 Å². The summed E-state index contributed by atoms with van der Waals surface area (Å²) in [5.41, 5.74) is 5.76. The summed E-state index contributed by atoms with van der Waals surface area (Å²) >= 11 is 0. The molecule has 2 amide bonds. The Morgan fingerprint density at radius 2 is 1.45 bits per heavy atom. The minimum absolute atomic E-state index is 0.0325. The summed E-state index contributed by atoms with van der Waals surface area (Å²) in [5.74, 6) is -0.218. The van der Waals surface area contributed by atoms with Crippen LogP contribution in [0.2, 0.25) is 0 Å². The van der Waals surface area contributed by atoms with Crippen LogP contribution >= 0.6 is 0 Å². The number of para-hydroxylation sites is 2. The Balaban J connectivity index is 1.31. The van der Waals surface area contributed by atoms with Crippen LogP contribution in [0.4, 0.5) is 17.1 Å². The van der Waals surface area contributed by atoms with Crippen LogP contribution in [0.1, 0.15) is 33.6 Å². The SMILES string of the molecule is CN(C)CCCN1CCCN(C(=O)c2ccc(NC(=O)c3ccccc3-c3ccccc3)cc2)c2ccccc21. The maximum Gasteiger partial charge on any atom is 0.258 e. The van der Waals surface area contributed by atoms with Crippen LogP contribution in [0.5, 0.6) is 0 Å². The van der Waals surface area contributed by atoms with Gasteiger partial charge in [-0.05, 0) is 87.1 Å². The van der Waals surface area contributed by atoms with E-state index in [0.717, 1.165) is 55.0 Å². The molecule has 0 aliphatic carbocycles. The van der Waals surface area contributed by atoms with E-state index in [0.29, 0.717) is 23.4 Å². The van der Waals surface area contributed by atoms with E-state index in [1.54, 1.807) is 24.3 Å². The zero-order valence-electron chi connectivity index (χ0n) is 23.2. The Hall–Kier alpha value is -4.42. The van der Waals surface area contributed by atoms with E-state index in [1.807, 2.05) is 77.7 Å². The van der Waals surface area contributed by atoms with Gasteiger partial charge in [0.1, 0.15) is 0 Å². The van der Waals surface area contributed by atoms with Crippen molar-refractivity contribution in [3.63, 3.8) is 0 Å². The van der Waals surface area contributed by atoms with Crippen LogP contribution in [0, 0.1) is 0 Å². The number of fused-ring (bicyclic) bond motifs is 1. The van der Waals surface area contributed by atoms with E-state index in [-0.39, 0.29) is 11.8 Å². The highest BCUT2D eigenvalue weighted by atomic mass is 16.2. The quantitative estimate of drug-likeness (QED) is 0.285. The molecule has 1 N–H and O–H groups in total. The van der Waals surface area contributed by atoms with E-state index in [2.05, 4.69) is 35.3 Å². The topological polar surface area (TPSA) is 55.9 Å². The van der Waals surface area contributed by atoms with Crippen molar-refractivity contribution < 1.29 is 9.59 Å². The van der Waals surface area contributed by atoms with Gasteiger partial charge in [-0.15, -0.1) is 0 Å². The number of hydrogen-bond donors (Lipinski definition) is 1. The van der Waals surface area contributed by atoms with Crippen LogP contribution in [-0.2, 0) is 0 Å². The Kier molecular flexibility index (Phi) is 8.57. The number of nitrogens with zero attached hydrogens (tertiary/aromatic N) is 3. The van der Waals surface area contributed by atoms with Crippen molar-refractivity contribution in [3.8, 4) is 11.1 Å². The second-order valence-electron chi connectivity index (χ2n) is 10.4. The van der Waals surface area contributed by atoms with E-state index >= 15 is 0 Å². The fraction of sp³-hybridized carbons (Fsp3) is 0.235. The molecule has 0 fully saturated rings. The molecule has 0 bridgehead atoms. The fourth-order valence-electron chi connectivity index (χ4n) is 5.24. The second kappa shape index (κ2) is 12.6. The van der Waals surface area contributed by atoms with Crippen molar-refractivity contribution in [3.05, 3.63) is 114 Å². The van der Waals surface area contributed by atoms with Crippen molar-refractivity contribution in [2.75, 3.05) is 55.4 Å². The highest BCUT2D eigenvalue weighted by molar-refractivity contribution is 6.10. The highest BCUT2D eigenvalue weighted by Crippen LogP contribution is 2.33. The average Bonchev–Trinajstić information content (AvgIpc) is 3.17. The summed E-state index contributed by atoms with van der Waals surface area (Å²) in [6.07, 6.45) is 1.97. The average molecular weight is 533 g/mol. The lowest BCUT2D eigenvalue weighted by molar-refractivity contribution is 0.0986. The van der Waals surface area contributed by atoms with Crippen LogP contribution in [-0.4, -0.2) is 57.0 Å². The smallest absolute Gasteiger partial charge is 0.258 e. The van der Waals surface area contributed by atoms with Gasteiger partial charge in [0.25, 0.3) is 11.8 Å². The molecular formula is C34H36N4O2. The summed E-state index contributed by atoms with van der Waals surface area (Å²) in [5, 5.41) is 3.00. The number of hydrogen-bond acceptors (Lipinski definition) is 4. The summed E-state index contributed by atoms with van der Waals surface area (Å²) in [4.78, 5) is 33.4. The maximum absolute atomic E-state index is 13.7. The standard InChI is InChI=1S/C34H36N4O2/c1-36(2)22-10-23-37-24-11-25-38(32-17-9-8-16-31(32)37)34(40)27-18-20-28(21-19-27)35-33(39)30-15-7-6-14-29(30)26-12-4-3-5-13-26/h3-9,12-21H,10-11,22-25H2,1-2H3,(H,35,39). The Bertz CT molecular complexity index is 1450. The number of amides is 2. The molecule has 0 atom stereocenters. The van der Waals surface area contributed by atoms with Gasteiger partial charge in [-0.1, -0.05) is 60.7 Å². The molecule has 4 aromatic rings. The van der Waals surface area contributed by atoms with Crippen LogP contribution < -0.4 is 15.1 Å². The van der Waals surface area contributed by atoms with Crippen LogP contribution in [0.15, 0.2) is 103 Å². The van der Waals surface area contributed by atoms with Crippen molar-refractivity contribution in [1.82, 2.24) is 4.90 Å². The van der Waals surface area contributed by atoms with Crippen LogP contribution in [0.25, 0.3) is 11.1 Å². The van der Waals surface area contributed by atoms with Gasteiger partial charge in [0.05, 0.1) is 11.4 Å². The third-order valence-electron chi connectivity index (χ3n) is 7.25. The minimum atomic E-state index is -0.186. The molecule has 0 radical (unpaired) electrons. The highest BCUT2D eigenvalue weighted by Gasteiger charge is 2.25. The number of nitrogens with one attached hydrogen (secondary N) is 1. The van der Waals surface area contributed by atoms with E-state index in [1.165, 1.54) is 0 Å². The largest absolute Gasteiger partial charge is 0.370 e. The predicted molar refractivity (Wildman–Crippen MR) is 164 cm³/mol. The Morgan fingerprint density at radius 1 is 0.775 bits per heavy atom. The Labute approximate surface area is 236 Å². The van der Waals surface area contributed by atoms with Crippen molar-refractivity contribution in [2.45, 2.75) is 12.8 Å². The molecule has 4 aromatic carbocycles. The first kappa shape index (κ1) is 27.2. The first-order valence-corrected chi connectivity index (χ1v) is 13.9. The van der Waals surface area contributed by atoms with E-state index in [4.69, 9.17) is 0 Å². The Morgan fingerprint density at radius 3 is 2.20 bits per heavy atom. The summed E-state index contributed by atoms with van der Waals surface area (Å²) < 4.78 is 0. The fourth-order valence-corrected chi connectivity index (χ4v) is 5.24. The number of anilines is 3. The number of carbonyl (C=O) groups is 2. The third-order valence-corrected chi connectivity index (χ3v) is 7.25. The summed E-state index contributed by atoms with van der Waals surface area (Å²) in [6, 6.07) is 32.8. The normalized spacial score (nSPS) is 13.1. The monoisotopic (exact) mass is 532 g/mol. The van der Waals surface area contributed by atoms with Crippen LogP contribution in [0.3, 0.4) is 0 Å². The first-order valence-electron chi connectivity index (χ1n) is 13.9. The van der Waals surface area contributed by atoms with Gasteiger partial charge in [-0.2, -0.15) is 0 Å². The van der Waals surface area contributed by atoms with Gasteiger partial charge >= 0.3 is 0 Å². The van der Waals surface area contributed by atoms with Crippen molar-refractivity contribution in [1.29, 1.82) is 0 Å². The maximum atomic E-state index is 13.7. The summed E-state index contributed by atoms with van der Waals surface area (Å²) in [7, 11) is 4.19. The van der Waals surface area contributed by atoms with Gasteiger partial charge < -0.3 is 20.0 Å². The molecule has 6 nitrogen and oxygen atoms in total. The molecule has 0 spiro atoms. The molecule has 5 rings (SSSR count). The minimum Gasteiger partial charge on any atom is -0.370 e. The lowest BCUT2D eigenvalue weighted by Crippen LogP contribution is -2.31. The molecule has 1 aliphatic heterocycles. The van der Waals surface area contributed by atoms with E-state index < -0.39 is 0 Å². The van der Waals surface area contributed by atoms with Crippen molar-refractivity contribution in [2.24, 2.45) is 0 Å². The second-order valence-corrected chi connectivity index (χ2v) is 10.4. The number of rotatable bonds is 8. The summed E-state index contributed by atoms with van der Waals surface area (Å²) in [6.45, 7) is 3.57.